The molecule has 8 heteroatoms. The zero-order valence-electron chi connectivity index (χ0n) is 17.0. The van der Waals surface area contributed by atoms with Gasteiger partial charge >= 0.3 is 5.97 Å². The summed E-state index contributed by atoms with van der Waals surface area (Å²) in [5.41, 5.74) is 0.496. The molecule has 0 bridgehead atoms. The molecule has 1 fully saturated rings. The molecule has 1 atom stereocenters. The fourth-order valence-corrected chi connectivity index (χ4v) is 3.60. The largest absolute Gasteiger partial charge is 0.452 e. The minimum absolute atomic E-state index is 0.0203. The number of thioether (sulfide) groups is 1. The summed E-state index contributed by atoms with van der Waals surface area (Å²) in [7, 11) is 0. The SMILES string of the molecule is CC(C)CCn1c(SCC(=O)O[C@H](C)C(=O)NC2CC2)nc2ccccc2c1=O. The molecule has 156 valence electrons. The van der Waals surface area contributed by atoms with Crippen LogP contribution in [0.4, 0.5) is 0 Å². The number of esters is 1. The van der Waals surface area contributed by atoms with Gasteiger partial charge in [0.05, 0.1) is 16.7 Å². The number of amides is 1. The van der Waals surface area contributed by atoms with E-state index in [0.29, 0.717) is 28.5 Å². The zero-order valence-corrected chi connectivity index (χ0v) is 17.8. The second kappa shape index (κ2) is 9.43. The van der Waals surface area contributed by atoms with E-state index < -0.39 is 12.1 Å². The van der Waals surface area contributed by atoms with Crippen LogP contribution >= 0.6 is 11.8 Å². The molecule has 1 amide bonds. The lowest BCUT2D eigenvalue weighted by Gasteiger charge is -2.15. The van der Waals surface area contributed by atoms with E-state index in [-0.39, 0.29) is 23.3 Å². The van der Waals surface area contributed by atoms with Crippen LogP contribution in [0.2, 0.25) is 0 Å². The van der Waals surface area contributed by atoms with Crippen molar-refractivity contribution in [2.75, 3.05) is 5.75 Å². The van der Waals surface area contributed by atoms with Crippen LogP contribution in [0.5, 0.6) is 0 Å². The lowest BCUT2D eigenvalue weighted by Crippen LogP contribution is -2.37. The van der Waals surface area contributed by atoms with Gasteiger partial charge in [0.2, 0.25) is 0 Å². The molecule has 1 aromatic carbocycles. The van der Waals surface area contributed by atoms with Crippen molar-refractivity contribution in [3.63, 3.8) is 0 Å². The van der Waals surface area contributed by atoms with Gasteiger partial charge in [-0.1, -0.05) is 37.7 Å². The zero-order chi connectivity index (χ0) is 21.0. The Morgan fingerprint density at radius 2 is 2.00 bits per heavy atom. The minimum Gasteiger partial charge on any atom is -0.452 e. The molecule has 2 aromatic rings. The molecule has 0 radical (unpaired) electrons. The third-order valence-corrected chi connectivity index (χ3v) is 5.63. The standard InChI is InChI=1S/C21H27N3O4S/c1-13(2)10-11-24-20(27)16-6-4-5-7-17(16)23-21(24)29-12-18(25)28-14(3)19(26)22-15-8-9-15/h4-7,13-15H,8-12H2,1-3H3,(H,22,26)/t14-/m1/s1. The van der Waals surface area contributed by atoms with E-state index in [4.69, 9.17) is 4.74 Å². The Morgan fingerprint density at radius 1 is 1.28 bits per heavy atom. The van der Waals surface area contributed by atoms with Crippen molar-refractivity contribution in [1.29, 1.82) is 0 Å². The summed E-state index contributed by atoms with van der Waals surface area (Å²) in [6, 6.07) is 7.41. The quantitative estimate of drug-likeness (QED) is 0.383. The number of hydrogen-bond acceptors (Lipinski definition) is 6. The molecule has 0 aliphatic heterocycles. The summed E-state index contributed by atoms with van der Waals surface area (Å²) in [5.74, 6) is -0.371. The third kappa shape index (κ3) is 5.82. The first kappa shape index (κ1) is 21.4. The highest BCUT2D eigenvalue weighted by Crippen LogP contribution is 2.20. The van der Waals surface area contributed by atoms with E-state index in [1.54, 1.807) is 23.6 Å². The van der Waals surface area contributed by atoms with E-state index in [9.17, 15) is 14.4 Å². The molecule has 1 heterocycles. The van der Waals surface area contributed by atoms with Crippen molar-refractivity contribution in [1.82, 2.24) is 14.9 Å². The third-order valence-electron chi connectivity index (χ3n) is 4.68. The number of aromatic nitrogens is 2. The first-order valence-corrected chi connectivity index (χ1v) is 11.0. The molecular formula is C21H27N3O4S. The highest BCUT2D eigenvalue weighted by molar-refractivity contribution is 7.99. The van der Waals surface area contributed by atoms with E-state index in [2.05, 4.69) is 24.1 Å². The maximum absolute atomic E-state index is 12.9. The lowest BCUT2D eigenvalue weighted by atomic mass is 10.1. The van der Waals surface area contributed by atoms with Gasteiger partial charge in [-0.15, -0.1) is 0 Å². The number of para-hydroxylation sites is 1. The van der Waals surface area contributed by atoms with Gasteiger partial charge in [0.15, 0.2) is 11.3 Å². The van der Waals surface area contributed by atoms with Gasteiger partial charge in [-0.25, -0.2) is 4.98 Å². The van der Waals surface area contributed by atoms with Crippen LogP contribution in [-0.4, -0.2) is 39.3 Å². The number of nitrogens with one attached hydrogen (secondary N) is 1. The fraction of sp³-hybridized carbons (Fsp3) is 0.524. The number of hydrogen-bond donors (Lipinski definition) is 1. The Labute approximate surface area is 174 Å². The predicted octanol–water partition coefficient (Wildman–Crippen LogP) is 2.75. The highest BCUT2D eigenvalue weighted by atomic mass is 32.2. The van der Waals surface area contributed by atoms with Gasteiger partial charge in [0.1, 0.15) is 0 Å². The summed E-state index contributed by atoms with van der Waals surface area (Å²) >= 11 is 1.16. The molecule has 0 unspecified atom stereocenters. The summed E-state index contributed by atoms with van der Waals surface area (Å²) in [6.07, 6.45) is 1.94. The molecule has 1 aromatic heterocycles. The predicted molar refractivity (Wildman–Crippen MR) is 113 cm³/mol. The van der Waals surface area contributed by atoms with Crippen molar-refractivity contribution in [3.05, 3.63) is 34.6 Å². The van der Waals surface area contributed by atoms with Crippen molar-refractivity contribution < 1.29 is 14.3 Å². The molecule has 1 saturated carbocycles. The van der Waals surface area contributed by atoms with Gasteiger partial charge in [-0.05, 0) is 44.2 Å². The number of ether oxygens (including phenoxy) is 1. The smallest absolute Gasteiger partial charge is 0.317 e. The maximum atomic E-state index is 12.9. The average Bonchev–Trinajstić information content (AvgIpc) is 3.49. The van der Waals surface area contributed by atoms with Crippen LogP contribution in [0.3, 0.4) is 0 Å². The second-order valence-electron chi connectivity index (χ2n) is 7.75. The van der Waals surface area contributed by atoms with Crippen LogP contribution in [0.15, 0.2) is 34.2 Å². The number of rotatable bonds is 9. The average molecular weight is 418 g/mol. The van der Waals surface area contributed by atoms with Crippen LogP contribution in [0, 0.1) is 5.92 Å². The first-order chi connectivity index (χ1) is 13.8. The highest BCUT2D eigenvalue weighted by Gasteiger charge is 2.27. The first-order valence-electron chi connectivity index (χ1n) is 9.97. The van der Waals surface area contributed by atoms with Crippen LogP contribution in [0.25, 0.3) is 10.9 Å². The van der Waals surface area contributed by atoms with Gasteiger partial charge in [-0.3, -0.25) is 19.0 Å². The van der Waals surface area contributed by atoms with E-state index in [1.807, 2.05) is 12.1 Å². The molecular weight excluding hydrogens is 390 g/mol. The number of fused-ring (bicyclic) bond motifs is 1. The van der Waals surface area contributed by atoms with Crippen molar-refractivity contribution in [2.45, 2.75) is 63.9 Å². The number of carbonyl (C=O) groups excluding carboxylic acids is 2. The van der Waals surface area contributed by atoms with E-state index in [0.717, 1.165) is 31.0 Å². The molecule has 1 N–H and O–H groups in total. The lowest BCUT2D eigenvalue weighted by molar-refractivity contribution is -0.152. The van der Waals surface area contributed by atoms with E-state index in [1.165, 1.54) is 0 Å². The van der Waals surface area contributed by atoms with Gasteiger partial charge in [0, 0.05) is 12.6 Å². The summed E-state index contributed by atoms with van der Waals surface area (Å²) in [6.45, 7) is 6.29. The Kier molecular flexibility index (Phi) is 6.95. The Bertz CT molecular complexity index is 953. The number of carbonyl (C=O) groups is 2. The molecule has 3 rings (SSSR count). The van der Waals surface area contributed by atoms with Gasteiger partial charge in [-0.2, -0.15) is 0 Å². The molecule has 0 saturated heterocycles. The van der Waals surface area contributed by atoms with Crippen LogP contribution in [0.1, 0.15) is 40.0 Å². The van der Waals surface area contributed by atoms with Gasteiger partial charge in [0.25, 0.3) is 11.5 Å². The number of benzene rings is 1. The topological polar surface area (TPSA) is 90.3 Å². The van der Waals surface area contributed by atoms with Crippen LogP contribution < -0.4 is 10.9 Å². The maximum Gasteiger partial charge on any atom is 0.317 e. The Balaban J connectivity index is 1.70. The molecule has 29 heavy (non-hydrogen) atoms. The summed E-state index contributed by atoms with van der Waals surface area (Å²) in [5, 5.41) is 3.87. The molecule has 0 spiro atoms. The Hall–Kier alpha value is -2.35. The molecule has 7 nitrogen and oxygen atoms in total. The number of nitrogens with zero attached hydrogens (tertiary/aromatic N) is 2. The Morgan fingerprint density at radius 3 is 2.69 bits per heavy atom. The summed E-state index contributed by atoms with van der Waals surface area (Å²) < 4.78 is 6.86. The van der Waals surface area contributed by atoms with Crippen LogP contribution in [-0.2, 0) is 20.9 Å². The minimum atomic E-state index is -0.837. The summed E-state index contributed by atoms with van der Waals surface area (Å²) in [4.78, 5) is 41.7. The van der Waals surface area contributed by atoms with Crippen molar-refractivity contribution in [3.8, 4) is 0 Å². The van der Waals surface area contributed by atoms with Gasteiger partial charge < -0.3 is 10.1 Å². The van der Waals surface area contributed by atoms with E-state index >= 15 is 0 Å². The second-order valence-corrected chi connectivity index (χ2v) is 8.70. The monoisotopic (exact) mass is 417 g/mol. The van der Waals surface area contributed by atoms with Crippen molar-refractivity contribution >= 4 is 34.5 Å². The normalized spacial score (nSPS) is 14.8. The molecule has 1 aliphatic carbocycles. The fourth-order valence-electron chi connectivity index (χ4n) is 2.80. The molecule has 1 aliphatic rings. The van der Waals surface area contributed by atoms with Crippen molar-refractivity contribution in [2.24, 2.45) is 5.92 Å².